The Morgan fingerprint density at radius 3 is 2.50 bits per heavy atom. The van der Waals surface area contributed by atoms with Crippen LogP contribution >= 0.6 is 15.9 Å². The van der Waals surface area contributed by atoms with Crippen LogP contribution in [0.1, 0.15) is 52.0 Å². The molecule has 112 valence electrons. The highest BCUT2D eigenvalue weighted by Crippen LogP contribution is 2.43. The van der Waals surface area contributed by atoms with Crippen LogP contribution in [-0.4, -0.2) is 13.1 Å². The maximum Gasteiger partial charge on any atom is 0.0213 e. The Morgan fingerprint density at radius 1 is 1.25 bits per heavy atom. The smallest absolute Gasteiger partial charge is 0.0213 e. The molecule has 0 bridgehead atoms. The van der Waals surface area contributed by atoms with Gasteiger partial charge >= 0.3 is 0 Å². The van der Waals surface area contributed by atoms with E-state index < -0.39 is 0 Å². The zero-order chi connectivity index (χ0) is 14.6. The average molecular weight is 338 g/mol. The van der Waals surface area contributed by atoms with Gasteiger partial charge in [0.25, 0.3) is 0 Å². The Bertz CT molecular complexity index is 419. The summed E-state index contributed by atoms with van der Waals surface area (Å²) in [5, 5.41) is 3.72. The number of rotatable bonds is 5. The van der Waals surface area contributed by atoms with Gasteiger partial charge in [0.05, 0.1) is 0 Å². The third-order valence-electron chi connectivity index (χ3n) is 4.69. The molecule has 0 aromatic heterocycles. The summed E-state index contributed by atoms with van der Waals surface area (Å²) < 4.78 is 1.28. The van der Waals surface area contributed by atoms with E-state index >= 15 is 0 Å². The first-order valence-electron chi connectivity index (χ1n) is 7.99. The summed E-state index contributed by atoms with van der Waals surface area (Å²) in [7, 11) is 0. The highest BCUT2D eigenvalue weighted by atomic mass is 79.9. The Morgan fingerprint density at radius 2 is 1.90 bits per heavy atom. The quantitative estimate of drug-likeness (QED) is 0.784. The van der Waals surface area contributed by atoms with E-state index in [1.807, 2.05) is 0 Å². The molecule has 2 rings (SSSR count). The van der Waals surface area contributed by atoms with Crippen molar-refractivity contribution in [2.45, 2.75) is 51.9 Å². The molecule has 0 amide bonds. The van der Waals surface area contributed by atoms with Crippen LogP contribution in [0.3, 0.4) is 0 Å². The van der Waals surface area contributed by atoms with Crippen molar-refractivity contribution >= 4 is 15.9 Å². The van der Waals surface area contributed by atoms with Crippen molar-refractivity contribution in [2.24, 2.45) is 11.8 Å². The maximum atomic E-state index is 3.78. The molecule has 0 unspecified atom stereocenters. The van der Waals surface area contributed by atoms with Gasteiger partial charge in [0.2, 0.25) is 0 Å². The van der Waals surface area contributed by atoms with E-state index in [1.165, 1.54) is 35.7 Å². The lowest BCUT2D eigenvalue weighted by atomic mass is 9.67. The second-order valence-corrected chi connectivity index (χ2v) is 7.82. The molecule has 0 spiro atoms. The zero-order valence-corrected chi connectivity index (χ0v) is 14.7. The lowest BCUT2D eigenvalue weighted by molar-refractivity contribution is 0.231. The number of benzene rings is 1. The second kappa shape index (κ2) is 7.09. The van der Waals surface area contributed by atoms with E-state index in [4.69, 9.17) is 0 Å². The summed E-state index contributed by atoms with van der Waals surface area (Å²) >= 11 is 3.78. The van der Waals surface area contributed by atoms with E-state index in [0.717, 1.165) is 19.0 Å². The molecule has 0 radical (unpaired) electrons. The van der Waals surface area contributed by atoms with Gasteiger partial charge in [-0.05, 0) is 55.7 Å². The lowest BCUT2D eigenvalue weighted by Crippen LogP contribution is -2.42. The van der Waals surface area contributed by atoms with Crippen molar-refractivity contribution < 1.29 is 0 Å². The van der Waals surface area contributed by atoms with Gasteiger partial charge in [-0.3, -0.25) is 0 Å². The Balaban J connectivity index is 2.18. The molecule has 1 aliphatic rings. The van der Waals surface area contributed by atoms with Crippen molar-refractivity contribution in [1.29, 1.82) is 0 Å². The van der Waals surface area contributed by atoms with Gasteiger partial charge < -0.3 is 5.32 Å². The molecule has 1 N–H and O–H groups in total. The van der Waals surface area contributed by atoms with E-state index in [9.17, 15) is 0 Å². The summed E-state index contributed by atoms with van der Waals surface area (Å²) in [5.74, 6) is 1.60. The van der Waals surface area contributed by atoms with Gasteiger partial charge in [-0.15, -0.1) is 0 Å². The predicted octanol–water partition coefficient (Wildman–Crippen LogP) is 5.14. The summed E-state index contributed by atoms with van der Waals surface area (Å²) in [5.41, 5.74) is 1.82. The van der Waals surface area contributed by atoms with Gasteiger partial charge in [-0.25, -0.2) is 0 Å². The molecule has 20 heavy (non-hydrogen) atoms. The minimum atomic E-state index is 0.321. The minimum Gasteiger partial charge on any atom is -0.316 e. The maximum absolute atomic E-state index is 3.78. The molecule has 0 aliphatic heterocycles. The van der Waals surface area contributed by atoms with Crippen LogP contribution < -0.4 is 5.32 Å². The first-order chi connectivity index (χ1) is 9.53. The summed E-state index contributed by atoms with van der Waals surface area (Å²) in [4.78, 5) is 0. The van der Waals surface area contributed by atoms with Crippen LogP contribution in [0.4, 0.5) is 0 Å². The van der Waals surface area contributed by atoms with Crippen LogP contribution in [-0.2, 0) is 5.41 Å². The minimum absolute atomic E-state index is 0.321. The van der Waals surface area contributed by atoms with Gasteiger partial charge in [-0.2, -0.15) is 0 Å². The van der Waals surface area contributed by atoms with Crippen molar-refractivity contribution in [3.8, 4) is 0 Å². The van der Waals surface area contributed by atoms with E-state index in [-0.39, 0.29) is 0 Å². The van der Waals surface area contributed by atoms with Crippen molar-refractivity contribution in [3.63, 3.8) is 0 Å². The third-order valence-corrected chi connectivity index (χ3v) is 5.38. The van der Waals surface area contributed by atoms with Gasteiger partial charge in [0.1, 0.15) is 0 Å². The molecule has 2 heteroatoms. The molecule has 0 saturated heterocycles. The van der Waals surface area contributed by atoms with E-state index in [1.54, 1.807) is 0 Å². The van der Waals surface area contributed by atoms with Crippen molar-refractivity contribution in [1.82, 2.24) is 5.32 Å². The molecule has 1 aromatic rings. The Hall–Kier alpha value is -0.340. The molecule has 1 nitrogen and oxygen atoms in total. The molecule has 1 aliphatic carbocycles. The first-order valence-corrected chi connectivity index (χ1v) is 8.78. The first kappa shape index (κ1) is 16.0. The van der Waals surface area contributed by atoms with Crippen LogP contribution in [0.2, 0.25) is 0 Å². The normalized spacial score (nSPS) is 26.9. The standard InChI is InChI=1S/C18H28BrN/c1-14(2)12-20-13-18(10-8-15(3)9-11-18)16-6-4-5-7-17(16)19/h4-7,14-15,20H,8-13H2,1-3H3. The summed E-state index contributed by atoms with van der Waals surface area (Å²) in [6.07, 6.45) is 5.32. The Kier molecular flexibility index (Phi) is 5.68. The predicted molar refractivity (Wildman–Crippen MR) is 91.2 cm³/mol. The average Bonchev–Trinajstić information content (AvgIpc) is 2.42. The second-order valence-electron chi connectivity index (χ2n) is 6.97. The third kappa shape index (κ3) is 3.85. The monoisotopic (exact) mass is 337 g/mol. The summed E-state index contributed by atoms with van der Waals surface area (Å²) in [6.45, 7) is 9.18. The fourth-order valence-electron chi connectivity index (χ4n) is 3.35. The topological polar surface area (TPSA) is 12.0 Å². The van der Waals surface area contributed by atoms with Crippen LogP contribution in [0, 0.1) is 11.8 Å². The molecule has 0 atom stereocenters. The molecular formula is C18H28BrN. The molecule has 0 heterocycles. The van der Waals surface area contributed by atoms with Crippen LogP contribution in [0.25, 0.3) is 0 Å². The number of hydrogen-bond donors (Lipinski definition) is 1. The van der Waals surface area contributed by atoms with Crippen LogP contribution in [0.5, 0.6) is 0 Å². The Labute approximate surface area is 132 Å². The fraction of sp³-hybridized carbons (Fsp3) is 0.667. The number of hydrogen-bond acceptors (Lipinski definition) is 1. The van der Waals surface area contributed by atoms with Gasteiger partial charge in [-0.1, -0.05) is 54.9 Å². The molecule has 1 saturated carbocycles. The van der Waals surface area contributed by atoms with Crippen LogP contribution in [0.15, 0.2) is 28.7 Å². The van der Waals surface area contributed by atoms with Gasteiger partial charge in [0, 0.05) is 16.4 Å². The molecular weight excluding hydrogens is 310 g/mol. The van der Waals surface area contributed by atoms with E-state index in [0.29, 0.717) is 11.3 Å². The molecule has 1 aromatic carbocycles. The largest absolute Gasteiger partial charge is 0.316 e. The lowest BCUT2D eigenvalue weighted by Gasteiger charge is -2.41. The van der Waals surface area contributed by atoms with Crippen molar-refractivity contribution in [2.75, 3.05) is 13.1 Å². The number of halogens is 1. The van der Waals surface area contributed by atoms with Gasteiger partial charge in [0.15, 0.2) is 0 Å². The fourth-order valence-corrected chi connectivity index (χ4v) is 4.05. The summed E-state index contributed by atoms with van der Waals surface area (Å²) in [6, 6.07) is 8.81. The zero-order valence-electron chi connectivity index (χ0n) is 13.1. The highest BCUT2D eigenvalue weighted by molar-refractivity contribution is 9.10. The SMILES string of the molecule is CC(C)CNCC1(c2ccccc2Br)CCC(C)CC1. The van der Waals surface area contributed by atoms with E-state index in [2.05, 4.69) is 66.3 Å². The van der Waals surface area contributed by atoms with Crippen molar-refractivity contribution in [3.05, 3.63) is 34.3 Å². The highest BCUT2D eigenvalue weighted by Gasteiger charge is 2.36. The number of nitrogens with one attached hydrogen (secondary N) is 1. The molecule has 1 fully saturated rings.